The number of nitrogens with one attached hydrogen (secondary N) is 1. The van der Waals surface area contributed by atoms with Gasteiger partial charge in [0, 0.05) is 12.0 Å². The second-order valence-corrected chi connectivity index (χ2v) is 6.86. The number of amides is 1. The van der Waals surface area contributed by atoms with Crippen LogP contribution in [0.5, 0.6) is 0 Å². The molecule has 0 radical (unpaired) electrons. The molecule has 20 heavy (non-hydrogen) atoms. The monoisotopic (exact) mass is 288 g/mol. The van der Waals surface area contributed by atoms with Crippen LogP contribution in [0.25, 0.3) is 0 Å². The van der Waals surface area contributed by atoms with Gasteiger partial charge in [0.1, 0.15) is 0 Å². The van der Waals surface area contributed by atoms with Crippen LogP contribution in [0, 0.1) is 5.41 Å². The summed E-state index contributed by atoms with van der Waals surface area (Å²) in [6.45, 7) is 14.0. The fourth-order valence-corrected chi connectivity index (χ4v) is 1.43. The topological polar surface area (TPSA) is 73.6 Å². The molecular formula is C15H32N2O3. The van der Waals surface area contributed by atoms with E-state index in [0.29, 0.717) is 32.7 Å². The Morgan fingerprint density at radius 3 is 2.35 bits per heavy atom. The fourth-order valence-electron chi connectivity index (χ4n) is 1.43. The average molecular weight is 288 g/mol. The molecular weight excluding hydrogens is 256 g/mol. The molecule has 0 spiro atoms. The van der Waals surface area contributed by atoms with Gasteiger partial charge in [-0.05, 0) is 34.2 Å². The lowest BCUT2D eigenvalue weighted by Gasteiger charge is -2.30. The van der Waals surface area contributed by atoms with Crippen LogP contribution in [-0.2, 0) is 14.3 Å². The first-order chi connectivity index (χ1) is 9.08. The molecule has 0 aliphatic rings. The van der Waals surface area contributed by atoms with E-state index >= 15 is 0 Å². The summed E-state index contributed by atoms with van der Waals surface area (Å²) in [5.41, 5.74) is 5.11. The summed E-state index contributed by atoms with van der Waals surface area (Å²) < 4.78 is 11.2. The van der Waals surface area contributed by atoms with Gasteiger partial charge in [-0.25, -0.2) is 0 Å². The molecule has 3 N–H and O–H groups in total. The Kier molecular flexibility index (Phi) is 8.32. The summed E-state index contributed by atoms with van der Waals surface area (Å²) in [5, 5.41) is 2.84. The highest BCUT2D eigenvalue weighted by Gasteiger charge is 2.26. The van der Waals surface area contributed by atoms with Gasteiger partial charge in [-0.3, -0.25) is 4.79 Å². The van der Waals surface area contributed by atoms with Gasteiger partial charge in [-0.15, -0.1) is 0 Å². The van der Waals surface area contributed by atoms with Crippen LogP contribution in [0.3, 0.4) is 0 Å². The lowest BCUT2D eigenvalue weighted by Crippen LogP contribution is -2.39. The molecule has 0 aliphatic heterocycles. The lowest BCUT2D eigenvalue weighted by molar-refractivity contribution is -0.129. The molecule has 0 saturated heterocycles. The Bertz CT molecular complexity index is 289. The van der Waals surface area contributed by atoms with Crippen molar-refractivity contribution >= 4 is 5.91 Å². The minimum absolute atomic E-state index is 0.0205. The van der Waals surface area contributed by atoms with E-state index in [1.54, 1.807) is 0 Å². The van der Waals surface area contributed by atoms with Gasteiger partial charge in [0.05, 0.1) is 31.3 Å². The zero-order valence-corrected chi connectivity index (χ0v) is 13.9. The Morgan fingerprint density at radius 1 is 1.25 bits per heavy atom. The molecule has 0 fully saturated rings. The molecule has 0 saturated carbocycles. The van der Waals surface area contributed by atoms with Crippen molar-refractivity contribution in [3.05, 3.63) is 0 Å². The minimum Gasteiger partial charge on any atom is -0.377 e. The Morgan fingerprint density at radius 2 is 1.85 bits per heavy atom. The summed E-state index contributed by atoms with van der Waals surface area (Å²) in [6.07, 6.45) is 0.514. The van der Waals surface area contributed by atoms with E-state index < -0.39 is 5.60 Å². The van der Waals surface area contributed by atoms with Crippen molar-refractivity contribution in [3.63, 3.8) is 0 Å². The van der Waals surface area contributed by atoms with Gasteiger partial charge in [0.2, 0.25) is 5.91 Å². The molecule has 0 aliphatic carbocycles. The van der Waals surface area contributed by atoms with E-state index in [-0.39, 0.29) is 17.4 Å². The van der Waals surface area contributed by atoms with Gasteiger partial charge in [-0.2, -0.15) is 0 Å². The first kappa shape index (κ1) is 19.4. The van der Waals surface area contributed by atoms with Crippen LogP contribution in [0.15, 0.2) is 0 Å². The summed E-state index contributed by atoms with van der Waals surface area (Å²) in [6, 6.07) is 0. The molecule has 0 aromatic heterocycles. The van der Waals surface area contributed by atoms with Crippen LogP contribution in [0.4, 0.5) is 0 Å². The van der Waals surface area contributed by atoms with Crippen molar-refractivity contribution in [2.45, 2.75) is 59.7 Å². The van der Waals surface area contributed by atoms with Crippen LogP contribution in [0.1, 0.15) is 48.0 Å². The minimum atomic E-state index is -0.491. The smallest absolute Gasteiger partial charge is 0.222 e. The van der Waals surface area contributed by atoms with Crippen molar-refractivity contribution in [2.75, 3.05) is 26.3 Å². The van der Waals surface area contributed by atoms with E-state index in [2.05, 4.69) is 5.32 Å². The molecule has 5 nitrogen and oxygen atoms in total. The number of carbonyl (C=O) groups excluding carboxylic acids is 1. The molecule has 5 heteroatoms. The highest BCUT2D eigenvalue weighted by atomic mass is 16.5. The number of rotatable bonds is 10. The Hall–Kier alpha value is -0.650. The Labute approximate surface area is 123 Å². The van der Waals surface area contributed by atoms with E-state index in [1.165, 1.54) is 0 Å². The zero-order chi connectivity index (χ0) is 15.8. The predicted molar refractivity (Wildman–Crippen MR) is 81.6 cm³/mol. The standard InChI is InChI=1S/C15H32N2O3/c1-12(2)19-8-7-17-13(18)9-15(5,6)20-11-14(3,4)10-16/h12H,7-11,16H2,1-6H3,(H,17,18). The average Bonchev–Trinajstić information content (AvgIpc) is 2.32. The third kappa shape index (κ3) is 10.2. The number of ether oxygens (including phenoxy) is 2. The maximum Gasteiger partial charge on any atom is 0.222 e. The number of carbonyl (C=O) groups is 1. The molecule has 1 amide bonds. The summed E-state index contributed by atoms with van der Waals surface area (Å²) in [4.78, 5) is 11.8. The molecule has 0 aromatic carbocycles. The van der Waals surface area contributed by atoms with Crippen molar-refractivity contribution in [1.82, 2.24) is 5.32 Å². The van der Waals surface area contributed by atoms with E-state index in [0.717, 1.165) is 0 Å². The highest BCUT2D eigenvalue weighted by Crippen LogP contribution is 2.20. The first-order valence-electron chi connectivity index (χ1n) is 7.30. The van der Waals surface area contributed by atoms with Gasteiger partial charge in [-0.1, -0.05) is 13.8 Å². The van der Waals surface area contributed by atoms with Gasteiger partial charge in [0.25, 0.3) is 0 Å². The van der Waals surface area contributed by atoms with Crippen molar-refractivity contribution in [2.24, 2.45) is 11.1 Å². The van der Waals surface area contributed by atoms with Crippen LogP contribution in [-0.4, -0.2) is 43.9 Å². The highest BCUT2D eigenvalue weighted by molar-refractivity contribution is 5.76. The molecule has 120 valence electrons. The number of nitrogens with two attached hydrogens (primary N) is 1. The molecule has 0 heterocycles. The number of hydrogen-bond acceptors (Lipinski definition) is 4. The quantitative estimate of drug-likeness (QED) is 0.600. The maximum atomic E-state index is 11.8. The summed E-state index contributed by atoms with van der Waals surface area (Å²) in [7, 11) is 0. The van der Waals surface area contributed by atoms with Gasteiger partial charge >= 0.3 is 0 Å². The van der Waals surface area contributed by atoms with Crippen LogP contribution >= 0.6 is 0 Å². The molecule has 0 rings (SSSR count). The number of hydrogen-bond donors (Lipinski definition) is 2. The van der Waals surface area contributed by atoms with Crippen molar-refractivity contribution in [1.29, 1.82) is 0 Å². The van der Waals surface area contributed by atoms with Crippen LogP contribution in [0.2, 0.25) is 0 Å². The lowest BCUT2D eigenvalue weighted by atomic mass is 9.94. The molecule has 0 atom stereocenters. The Balaban J connectivity index is 3.97. The van der Waals surface area contributed by atoms with Gasteiger partial charge < -0.3 is 20.5 Å². The second-order valence-electron chi connectivity index (χ2n) is 6.86. The van der Waals surface area contributed by atoms with Crippen molar-refractivity contribution < 1.29 is 14.3 Å². The predicted octanol–water partition coefficient (Wildman–Crippen LogP) is 1.70. The molecule has 0 aromatic rings. The molecule has 0 unspecified atom stereocenters. The third-order valence-corrected chi connectivity index (χ3v) is 2.87. The zero-order valence-electron chi connectivity index (χ0n) is 13.9. The summed E-state index contributed by atoms with van der Waals surface area (Å²) in [5.74, 6) is -0.0205. The van der Waals surface area contributed by atoms with E-state index in [4.69, 9.17) is 15.2 Å². The fraction of sp³-hybridized carbons (Fsp3) is 0.933. The first-order valence-corrected chi connectivity index (χ1v) is 7.30. The SMILES string of the molecule is CC(C)OCCNC(=O)CC(C)(C)OCC(C)(C)CN. The molecule has 0 bridgehead atoms. The summed E-state index contributed by atoms with van der Waals surface area (Å²) >= 11 is 0. The van der Waals surface area contributed by atoms with E-state index in [1.807, 2.05) is 41.5 Å². The van der Waals surface area contributed by atoms with Crippen LogP contribution < -0.4 is 11.1 Å². The maximum absolute atomic E-state index is 11.8. The van der Waals surface area contributed by atoms with E-state index in [9.17, 15) is 4.79 Å². The largest absolute Gasteiger partial charge is 0.377 e. The second kappa shape index (κ2) is 8.60. The normalized spacial score (nSPS) is 12.8. The van der Waals surface area contributed by atoms with Crippen molar-refractivity contribution in [3.8, 4) is 0 Å². The third-order valence-electron chi connectivity index (χ3n) is 2.87. The van der Waals surface area contributed by atoms with Gasteiger partial charge in [0.15, 0.2) is 0 Å².